The molecule has 0 saturated heterocycles. The molecule has 0 aliphatic heterocycles. The lowest BCUT2D eigenvalue weighted by molar-refractivity contribution is 0.0777. The van der Waals surface area contributed by atoms with E-state index in [4.69, 9.17) is 0 Å². The first-order chi connectivity index (χ1) is 8.93. The van der Waals surface area contributed by atoms with Gasteiger partial charge in [0, 0.05) is 19.0 Å². The van der Waals surface area contributed by atoms with Crippen LogP contribution in [0.25, 0.3) is 0 Å². The van der Waals surface area contributed by atoms with Gasteiger partial charge in [-0.2, -0.15) is 5.10 Å². The number of rotatable bonds is 4. The van der Waals surface area contributed by atoms with Crippen molar-refractivity contribution in [1.29, 1.82) is 0 Å². The van der Waals surface area contributed by atoms with Crippen LogP contribution in [0.15, 0.2) is 12.3 Å². The molecule has 1 heterocycles. The molecule has 1 aromatic rings. The maximum absolute atomic E-state index is 11.7. The van der Waals surface area contributed by atoms with E-state index < -0.39 is 15.9 Å². The molecule has 6 heteroatoms. The summed E-state index contributed by atoms with van der Waals surface area (Å²) in [5.74, 6) is 0.00970. The Morgan fingerprint density at radius 3 is 2.89 bits per heavy atom. The lowest BCUT2D eigenvalue weighted by Gasteiger charge is -2.31. The largest absolute Gasteiger partial charge is 0.387 e. The molecular formula is C13H22N2O3S. The van der Waals surface area contributed by atoms with E-state index in [2.05, 4.69) is 5.10 Å². The van der Waals surface area contributed by atoms with Crippen LogP contribution in [0.2, 0.25) is 0 Å². The predicted octanol–water partition coefficient (Wildman–Crippen LogP) is 1.54. The summed E-state index contributed by atoms with van der Waals surface area (Å²) in [5.41, 5.74) is 0.793. The van der Waals surface area contributed by atoms with Gasteiger partial charge in [0.25, 0.3) is 0 Å². The molecule has 1 saturated carbocycles. The van der Waals surface area contributed by atoms with Crippen molar-refractivity contribution in [2.45, 2.75) is 50.5 Å². The first-order valence-electron chi connectivity index (χ1n) is 6.82. The van der Waals surface area contributed by atoms with Crippen LogP contribution in [0.3, 0.4) is 0 Å². The van der Waals surface area contributed by atoms with Crippen molar-refractivity contribution >= 4 is 9.84 Å². The van der Waals surface area contributed by atoms with Crippen molar-refractivity contribution in [2.24, 2.45) is 5.92 Å². The molecule has 2 rings (SSSR count). The van der Waals surface area contributed by atoms with E-state index in [1.165, 1.54) is 6.26 Å². The average molecular weight is 286 g/mol. The number of aliphatic hydroxyl groups is 1. The Morgan fingerprint density at radius 1 is 1.53 bits per heavy atom. The van der Waals surface area contributed by atoms with Gasteiger partial charge < -0.3 is 5.11 Å². The Labute approximate surface area is 114 Å². The van der Waals surface area contributed by atoms with Crippen LogP contribution < -0.4 is 0 Å². The molecular weight excluding hydrogens is 264 g/mol. The summed E-state index contributed by atoms with van der Waals surface area (Å²) in [6, 6.07) is 1.82. The Morgan fingerprint density at radius 2 is 2.26 bits per heavy atom. The summed E-state index contributed by atoms with van der Waals surface area (Å²) < 4.78 is 25.1. The number of hydrogen-bond donors (Lipinski definition) is 1. The van der Waals surface area contributed by atoms with E-state index in [1.807, 2.05) is 13.0 Å². The third kappa shape index (κ3) is 3.17. The minimum atomic E-state index is -3.01. The highest BCUT2D eigenvalue weighted by Gasteiger charge is 2.33. The van der Waals surface area contributed by atoms with Crippen LogP contribution >= 0.6 is 0 Å². The highest BCUT2D eigenvalue weighted by atomic mass is 32.2. The summed E-state index contributed by atoms with van der Waals surface area (Å²) in [6.07, 6.45) is 5.36. The van der Waals surface area contributed by atoms with Crippen molar-refractivity contribution in [3.63, 3.8) is 0 Å². The van der Waals surface area contributed by atoms with Crippen molar-refractivity contribution < 1.29 is 13.5 Å². The molecule has 1 aliphatic rings. The first-order valence-corrected chi connectivity index (χ1v) is 8.77. The molecule has 3 unspecified atom stereocenters. The third-order valence-electron chi connectivity index (χ3n) is 4.07. The lowest BCUT2D eigenvalue weighted by Crippen LogP contribution is -2.30. The van der Waals surface area contributed by atoms with Gasteiger partial charge in [0.2, 0.25) is 0 Å². The van der Waals surface area contributed by atoms with Crippen LogP contribution in [0.4, 0.5) is 0 Å². The third-order valence-corrected chi connectivity index (χ3v) is 5.71. The molecule has 0 aromatic carbocycles. The molecule has 0 amide bonds. The van der Waals surface area contributed by atoms with Gasteiger partial charge in [-0.15, -0.1) is 0 Å². The zero-order valence-electron chi connectivity index (χ0n) is 11.5. The number of aromatic nitrogens is 2. The molecule has 0 spiro atoms. The van der Waals surface area contributed by atoms with Gasteiger partial charge in [-0.1, -0.05) is 6.42 Å². The number of sulfone groups is 1. The molecule has 1 N–H and O–H groups in total. The Bertz CT molecular complexity index is 524. The highest BCUT2D eigenvalue weighted by Crippen LogP contribution is 2.36. The van der Waals surface area contributed by atoms with E-state index in [9.17, 15) is 13.5 Å². The monoisotopic (exact) mass is 286 g/mol. The Hall–Kier alpha value is -0.880. The predicted molar refractivity (Wildman–Crippen MR) is 73.5 cm³/mol. The Balaban J connectivity index is 2.13. The van der Waals surface area contributed by atoms with Crippen molar-refractivity contribution in [2.75, 3.05) is 6.26 Å². The van der Waals surface area contributed by atoms with E-state index >= 15 is 0 Å². The van der Waals surface area contributed by atoms with E-state index in [0.29, 0.717) is 13.0 Å². The second-order valence-corrected chi connectivity index (χ2v) is 7.72. The molecule has 108 valence electrons. The van der Waals surface area contributed by atoms with E-state index in [-0.39, 0.29) is 11.2 Å². The minimum Gasteiger partial charge on any atom is -0.387 e. The van der Waals surface area contributed by atoms with Gasteiger partial charge >= 0.3 is 0 Å². The van der Waals surface area contributed by atoms with Gasteiger partial charge in [-0.05, 0) is 38.2 Å². The molecule has 0 radical (unpaired) electrons. The normalized spacial score (nSPS) is 26.3. The van der Waals surface area contributed by atoms with Gasteiger partial charge in [-0.3, -0.25) is 4.68 Å². The molecule has 1 aliphatic carbocycles. The van der Waals surface area contributed by atoms with E-state index in [0.717, 1.165) is 25.0 Å². The molecule has 3 atom stereocenters. The second-order valence-electron chi connectivity index (χ2n) is 5.39. The average Bonchev–Trinajstić information content (AvgIpc) is 2.85. The van der Waals surface area contributed by atoms with Crippen molar-refractivity contribution in [1.82, 2.24) is 9.78 Å². The van der Waals surface area contributed by atoms with E-state index in [1.54, 1.807) is 10.9 Å². The topological polar surface area (TPSA) is 72.2 Å². The van der Waals surface area contributed by atoms with Gasteiger partial charge in [0.1, 0.15) is 9.84 Å². The van der Waals surface area contributed by atoms with Crippen LogP contribution in [0, 0.1) is 5.92 Å². The molecule has 5 nitrogen and oxygen atoms in total. The zero-order chi connectivity index (χ0) is 14.0. The summed E-state index contributed by atoms with van der Waals surface area (Å²) in [5, 5.41) is 14.3. The number of hydrogen-bond acceptors (Lipinski definition) is 4. The van der Waals surface area contributed by atoms with Gasteiger partial charge in [-0.25, -0.2) is 8.42 Å². The number of aliphatic hydroxyl groups excluding tert-OH is 1. The SMILES string of the molecule is CCn1nccc1C(O)C1CCCC(S(C)(=O)=O)C1. The number of nitrogens with zero attached hydrogens (tertiary/aromatic N) is 2. The fraction of sp³-hybridized carbons (Fsp3) is 0.769. The van der Waals surface area contributed by atoms with Gasteiger partial charge in [0.15, 0.2) is 0 Å². The van der Waals surface area contributed by atoms with Crippen molar-refractivity contribution in [3.05, 3.63) is 18.0 Å². The molecule has 19 heavy (non-hydrogen) atoms. The summed E-state index contributed by atoms with van der Waals surface area (Å²) in [6.45, 7) is 2.69. The fourth-order valence-corrected chi connectivity index (χ4v) is 4.15. The second kappa shape index (κ2) is 5.63. The van der Waals surface area contributed by atoms with Gasteiger partial charge in [0.05, 0.1) is 17.0 Å². The molecule has 1 aromatic heterocycles. The maximum Gasteiger partial charge on any atom is 0.150 e. The minimum absolute atomic E-state index is 0.00970. The summed E-state index contributed by atoms with van der Waals surface area (Å²) in [4.78, 5) is 0. The standard InChI is InChI=1S/C13H22N2O3S/c1-3-15-12(7-8-14-15)13(16)10-5-4-6-11(9-10)19(2,17)18/h7-8,10-11,13,16H,3-6,9H2,1-2H3. The lowest BCUT2D eigenvalue weighted by atomic mass is 9.84. The first kappa shape index (κ1) is 14.5. The summed E-state index contributed by atoms with van der Waals surface area (Å²) >= 11 is 0. The smallest absolute Gasteiger partial charge is 0.150 e. The quantitative estimate of drug-likeness (QED) is 0.911. The van der Waals surface area contributed by atoms with Crippen LogP contribution in [0.5, 0.6) is 0 Å². The maximum atomic E-state index is 11.7. The van der Waals surface area contributed by atoms with Crippen molar-refractivity contribution in [3.8, 4) is 0 Å². The molecule has 0 bridgehead atoms. The summed E-state index contributed by atoms with van der Waals surface area (Å²) in [7, 11) is -3.01. The van der Waals surface area contributed by atoms with Crippen LogP contribution in [-0.2, 0) is 16.4 Å². The highest BCUT2D eigenvalue weighted by molar-refractivity contribution is 7.91. The van der Waals surface area contributed by atoms with Crippen LogP contribution in [-0.4, -0.2) is 34.8 Å². The Kier molecular flexibility index (Phi) is 4.30. The van der Waals surface area contributed by atoms with Crippen LogP contribution in [0.1, 0.15) is 44.4 Å². The molecule has 1 fully saturated rings. The fourth-order valence-electron chi connectivity index (χ4n) is 2.96. The zero-order valence-corrected chi connectivity index (χ0v) is 12.3. The number of aryl methyl sites for hydroxylation is 1.